The van der Waals surface area contributed by atoms with Crippen molar-refractivity contribution in [1.29, 1.82) is 0 Å². The lowest BCUT2D eigenvalue weighted by molar-refractivity contribution is -0.119. The van der Waals surface area contributed by atoms with E-state index in [4.69, 9.17) is 0 Å². The van der Waals surface area contributed by atoms with Gasteiger partial charge in [0, 0.05) is 10.9 Å². The molecule has 1 saturated carbocycles. The first-order valence-electron chi connectivity index (χ1n) is 8.64. The maximum Gasteiger partial charge on any atom is 0.321 e. The number of benzene rings is 1. The Kier molecular flexibility index (Phi) is 6.19. The van der Waals surface area contributed by atoms with Crippen molar-refractivity contribution in [3.63, 3.8) is 0 Å². The molecule has 1 fully saturated rings. The van der Waals surface area contributed by atoms with Crippen LogP contribution in [0.25, 0.3) is 0 Å². The fourth-order valence-electron chi connectivity index (χ4n) is 3.14. The first kappa shape index (κ1) is 17.6. The summed E-state index contributed by atoms with van der Waals surface area (Å²) >= 11 is 1.64. The molecule has 132 valence electrons. The van der Waals surface area contributed by atoms with Crippen LogP contribution in [-0.2, 0) is 4.79 Å². The van der Waals surface area contributed by atoms with Crippen molar-refractivity contribution in [2.75, 3.05) is 6.54 Å². The summed E-state index contributed by atoms with van der Waals surface area (Å²) in [5.41, 5.74) is 1.09. The van der Waals surface area contributed by atoms with Gasteiger partial charge in [0.05, 0.1) is 12.6 Å². The van der Waals surface area contributed by atoms with E-state index in [1.807, 2.05) is 47.8 Å². The number of rotatable bonds is 6. The fourth-order valence-corrected chi connectivity index (χ4v) is 3.97. The molecule has 1 aromatic carbocycles. The summed E-state index contributed by atoms with van der Waals surface area (Å²) < 4.78 is 0. The molecule has 3 rings (SSSR count). The van der Waals surface area contributed by atoms with Crippen LogP contribution in [0.1, 0.15) is 42.2 Å². The fraction of sp³-hybridized carbons (Fsp3) is 0.368. The Morgan fingerprint density at radius 3 is 2.52 bits per heavy atom. The highest BCUT2D eigenvalue weighted by atomic mass is 32.1. The van der Waals surface area contributed by atoms with Gasteiger partial charge >= 0.3 is 6.03 Å². The Hall–Kier alpha value is -2.18. The van der Waals surface area contributed by atoms with E-state index in [2.05, 4.69) is 16.0 Å². The second-order valence-electron chi connectivity index (χ2n) is 6.24. The summed E-state index contributed by atoms with van der Waals surface area (Å²) in [7, 11) is 0. The molecule has 3 amide bonds. The van der Waals surface area contributed by atoms with E-state index >= 15 is 0 Å². The number of nitrogens with one attached hydrogen (secondary N) is 3. The molecule has 0 unspecified atom stereocenters. The highest BCUT2D eigenvalue weighted by Crippen LogP contribution is 2.25. The Labute approximate surface area is 151 Å². The zero-order valence-corrected chi connectivity index (χ0v) is 14.9. The lowest BCUT2D eigenvalue weighted by atomic mass is 10.1. The summed E-state index contributed by atoms with van der Waals surface area (Å²) in [5.74, 6) is -0.326. The zero-order chi connectivity index (χ0) is 17.5. The molecule has 0 spiro atoms. The lowest BCUT2D eigenvalue weighted by Gasteiger charge is -2.18. The van der Waals surface area contributed by atoms with E-state index < -0.39 is 6.03 Å². The number of amides is 3. The summed E-state index contributed by atoms with van der Waals surface area (Å²) in [6, 6.07) is 13.8. The molecular formula is C19H23N3O2S. The average molecular weight is 357 g/mol. The number of carbonyl (C=O) groups is 2. The third kappa shape index (κ3) is 5.14. The summed E-state index contributed by atoms with van der Waals surface area (Å²) in [5, 5.41) is 10.5. The number of carbonyl (C=O) groups excluding carboxylic acids is 2. The van der Waals surface area contributed by atoms with E-state index in [9.17, 15) is 9.59 Å². The Bertz CT molecular complexity index is 682. The van der Waals surface area contributed by atoms with Gasteiger partial charge in [-0.1, -0.05) is 49.2 Å². The molecule has 1 atom stereocenters. The van der Waals surface area contributed by atoms with Crippen molar-refractivity contribution >= 4 is 23.3 Å². The first-order chi connectivity index (χ1) is 12.2. The number of hydrogen-bond acceptors (Lipinski definition) is 4. The summed E-state index contributed by atoms with van der Waals surface area (Å²) in [4.78, 5) is 25.1. The quantitative estimate of drug-likeness (QED) is 0.743. The molecule has 2 aromatic rings. The molecule has 25 heavy (non-hydrogen) atoms. The van der Waals surface area contributed by atoms with Crippen LogP contribution in [0.4, 0.5) is 4.79 Å². The van der Waals surface area contributed by atoms with E-state index in [-0.39, 0.29) is 24.5 Å². The Morgan fingerprint density at radius 2 is 1.84 bits per heavy atom. The van der Waals surface area contributed by atoms with Gasteiger partial charge in [-0.3, -0.25) is 15.4 Å². The van der Waals surface area contributed by atoms with Crippen LogP contribution in [0, 0.1) is 0 Å². The van der Waals surface area contributed by atoms with Crippen molar-refractivity contribution in [3.05, 3.63) is 58.3 Å². The minimum Gasteiger partial charge on any atom is -0.335 e. The van der Waals surface area contributed by atoms with Gasteiger partial charge in [-0.05, 0) is 29.9 Å². The van der Waals surface area contributed by atoms with Gasteiger partial charge in [-0.25, -0.2) is 4.79 Å². The highest BCUT2D eigenvalue weighted by Gasteiger charge is 2.19. The van der Waals surface area contributed by atoms with Gasteiger partial charge in [-0.2, -0.15) is 0 Å². The lowest BCUT2D eigenvalue weighted by Crippen LogP contribution is -2.46. The van der Waals surface area contributed by atoms with Gasteiger partial charge in [0.25, 0.3) is 0 Å². The summed E-state index contributed by atoms with van der Waals surface area (Å²) in [6.07, 6.45) is 4.27. The molecule has 5 nitrogen and oxygen atoms in total. The van der Waals surface area contributed by atoms with E-state index in [1.165, 1.54) is 0 Å². The van der Waals surface area contributed by atoms with Gasteiger partial charge in [0.15, 0.2) is 0 Å². The van der Waals surface area contributed by atoms with Crippen LogP contribution >= 0.6 is 11.3 Å². The topological polar surface area (TPSA) is 70.2 Å². The minimum atomic E-state index is -0.397. The number of hydrogen-bond donors (Lipinski definition) is 3. The number of imide groups is 1. The van der Waals surface area contributed by atoms with Crippen LogP contribution in [0.2, 0.25) is 0 Å². The van der Waals surface area contributed by atoms with Crippen LogP contribution in [-0.4, -0.2) is 24.5 Å². The van der Waals surface area contributed by atoms with E-state index in [0.29, 0.717) is 0 Å². The SMILES string of the molecule is O=C(CN[C@@H](c1ccccc1)c1cccs1)NC(=O)NC1CCCC1. The first-order valence-corrected chi connectivity index (χ1v) is 9.52. The van der Waals surface area contributed by atoms with Crippen LogP contribution < -0.4 is 16.0 Å². The monoisotopic (exact) mass is 357 g/mol. The van der Waals surface area contributed by atoms with Gasteiger partial charge < -0.3 is 5.32 Å². The molecule has 3 N–H and O–H groups in total. The van der Waals surface area contributed by atoms with Gasteiger partial charge in [0.1, 0.15) is 0 Å². The minimum absolute atomic E-state index is 0.0650. The second-order valence-corrected chi connectivity index (χ2v) is 7.22. The summed E-state index contributed by atoms with van der Waals surface area (Å²) in [6.45, 7) is 0.0789. The van der Waals surface area contributed by atoms with Crippen molar-refractivity contribution < 1.29 is 9.59 Å². The van der Waals surface area contributed by atoms with Crippen LogP contribution in [0.3, 0.4) is 0 Å². The molecule has 1 aromatic heterocycles. The van der Waals surface area contributed by atoms with E-state index in [0.717, 1.165) is 36.1 Å². The Morgan fingerprint density at radius 1 is 1.08 bits per heavy atom. The van der Waals surface area contributed by atoms with Crippen molar-refractivity contribution in [2.45, 2.75) is 37.8 Å². The second kappa shape index (κ2) is 8.78. The molecule has 0 aliphatic heterocycles. The number of thiophene rings is 1. The highest BCUT2D eigenvalue weighted by molar-refractivity contribution is 7.10. The maximum absolute atomic E-state index is 12.1. The Balaban J connectivity index is 1.54. The zero-order valence-electron chi connectivity index (χ0n) is 14.0. The maximum atomic E-state index is 12.1. The largest absolute Gasteiger partial charge is 0.335 e. The van der Waals surface area contributed by atoms with Gasteiger partial charge in [-0.15, -0.1) is 11.3 Å². The van der Waals surface area contributed by atoms with Gasteiger partial charge in [0.2, 0.25) is 5.91 Å². The van der Waals surface area contributed by atoms with Crippen molar-refractivity contribution in [1.82, 2.24) is 16.0 Å². The van der Waals surface area contributed by atoms with Crippen molar-refractivity contribution in [3.8, 4) is 0 Å². The molecule has 0 bridgehead atoms. The smallest absolute Gasteiger partial charge is 0.321 e. The molecule has 0 saturated heterocycles. The predicted octanol–water partition coefficient (Wildman–Crippen LogP) is 3.20. The molecule has 1 aliphatic rings. The van der Waals surface area contributed by atoms with Crippen LogP contribution in [0.15, 0.2) is 47.8 Å². The standard InChI is InChI=1S/C19H23N3O2S/c23-17(22-19(24)21-15-9-4-5-10-15)13-20-18(16-11-6-12-25-16)14-7-2-1-3-8-14/h1-3,6-8,11-12,15,18,20H,4-5,9-10,13H2,(H2,21,22,23,24)/t18-/m0/s1. The third-order valence-corrected chi connectivity index (χ3v) is 5.31. The molecule has 1 heterocycles. The normalized spacial score (nSPS) is 15.7. The number of urea groups is 1. The van der Waals surface area contributed by atoms with E-state index in [1.54, 1.807) is 11.3 Å². The molecule has 1 aliphatic carbocycles. The van der Waals surface area contributed by atoms with Crippen molar-refractivity contribution in [2.24, 2.45) is 0 Å². The predicted molar refractivity (Wildman–Crippen MR) is 99.5 cm³/mol. The molecular weight excluding hydrogens is 334 g/mol. The third-order valence-electron chi connectivity index (χ3n) is 4.37. The van der Waals surface area contributed by atoms with Crippen LogP contribution in [0.5, 0.6) is 0 Å². The molecule has 0 radical (unpaired) electrons. The average Bonchev–Trinajstić information content (AvgIpc) is 3.30. The molecule has 6 heteroatoms.